The molecule has 21 heavy (non-hydrogen) atoms. The van der Waals surface area contributed by atoms with Crippen molar-refractivity contribution < 1.29 is 13.2 Å². The summed E-state index contributed by atoms with van der Waals surface area (Å²) >= 11 is 5.74. The number of carbonyl (C=O) groups is 1. The van der Waals surface area contributed by atoms with Gasteiger partial charge < -0.3 is 5.32 Å². The molecule has 0 aromatic heterocycles. The molecule has 0 aliphatic heterocycles. The number of nitrogens with zero attached hydrogens (tertiary/aromatic N) is 1. The number of benzene rings is 1. The van der Waals surface area contributed by atoms with E-state index < -0.39 is 10.0 Å². The fourth-order valence-electron chi connectivity index (χ4n) is 2.31. The number of anilines is 1. The number of hydrogen-bond acceptors (Lipinski definition) is 3. The number of carbonyl (C=O) groups excluding carboxylic acids is 1. The predicted molar refractivity (Wildman–Crippen MR) is 83.0 cm³/mol. The number of amides is 1. The van der Waals surface area contributed by atoms with Gasteiger partial charge >= 0.3 is 0 Å². The maximum atomic E-state index is 12.7. The Morgan fingerprint density at radius 1 is 1.33 bits per heavy atom. The lowest BCUT2D eigenvalue weighted by Gasteiger charge is -2.36. The summed E-state index contributed by atoms with van der Waals surface area (Å²) in [6.07, 6.45) is 2.83. The van der Waals surface area contributed by atoms with Crippen molar-refractivity contribution in [3.63, 3.8) is 0 Å². The lowest BCUT2D eigenvalue weighted by Crippen LogP contribution is -2.45. The highest BCUT2D eigenvalue weighted by Crippen LogP contribution is 2.30. The first-order valence-electron chi connectivity index (χ1n) is 6.90. The second-order valence-electron chi connectivity index (χ2n) is 5.10. The molecule has 1 aliphatic carbocycles. The third-order valence-corrected chi connectivity index (χ3v) is 5.70. The van der Waals surface area contributed by atoms with Crippen LogP contribution in [-0.2, 0) is 14.8 Å². The van der Waals surface area contributed by atoms with E-state index in [1.54, 1.807) is 12.1 Å². The highest BCUT2D eigenvalue weighted by Gasteiger charge is 2.34. The van der Waals surface area contributed by atoms with Gasteiger partial charge in [0.25, 0.3) is 0 Å². The average Bonchev–Trinajstić information content (AvgIpc) is 2.36. The molecule has 0 heterocycles. The van der Waals surface area contributed by atoms with Gasteiger partial charge in [-0.15, -0.1) is 11.6 Å². The van der Waals surface area contributed by atoms with Crippen LogP contribution in [0.4, 0.5) is 5.69 Å². The van der Waals surface area contributed by atoms with E-state index in [9.17, 15) is 13.2 Å². The van der Waals surface area contributed by atoms with E-state index in [1.807, 2.05) is 0 Å². The summed E-state index contributed by atoms with van der Waals surface area (Å²) in [5.74, 6) is 0.0866. The van der Waals surface area contributed by atoms with Crippen LogP contribution >= 0.6 is 11.6 Å². The van der Waals surface area contributed by atoms with Crippen LogP contribution in [0.15, 0.2) is 29.2 Å². The van der Waals surface area contributed by atoms with Crippen LogP contribution in [0, 0.1) is 0 Å². The van der Waals surface area contributed by atoms with E-state index in [1.165, 1.54) is 23.4 Å². The average molecular weight is 331 g/mol. The molecule has 1 aliphatic rings. The van der Waals surface area contributed by atoms with Crippen LogP contribution in [0.3, 0.4) is 0 Å². The molecule has 1 aromatic carbocycles. The third kappa shape index (κ3) is 3.75. The van der Waals surface area contributed by atoms with Gasteiger partial charge in [-0.1, -0.05) is 6.42 Å². The van der Waals surface area contributed by atoms with E-state index in [0.717, 1.165) is 19.3 Å². The highest BCUT2D eigenvalue weighted by atomic mass is 35.5. The molecular formula is C14H19ClN2O3S. The minimum atomic E-state index is -3.53. The molecule has 0 bridgehead atoms. The van der Waals surface area contributed by atoms with Gasteiger partial charge in [0.2, 0.25) is 15.9 Å². The number of hydrogen-bond donors (Lipinski definition) is 1. The van der Waals surface area contributed by atoms with Crippen LogP contribution in [0.25, 0.3) is 0 Å². The van der Waals surface area contributed by atoms with Crippen molar-refractivity contribution in [3.05, 3.63) is 24.3 Å². The Balaban J connectivity index is 2.22. The van der Waals surface area contributed by atoms with E-state index in [0.29, 0.717) is 12.2 Å². The predicted octanol–water partition coefficient (Wildman–Crippen LogP) is 2.43. The lowest BCUT2D eigenvalue weighted by molar-refractivity contribution is -0.114. The van der Waals surface area contributed by atoms with E-state index in [2.05, 4.69) is 5.32 Å². The van der Waals surface area contributed by atoms with Crippen LogP contribution in [0.2, 0.25) is 0 Å². The van der Waals surface area contributed by atoms with Gasteiger partial charge in [-0.05, 0) is 37.1 Å². The Hall–Kier alpha value is -1.11. The maximum Gasteiger partial charge on any atom is 0.243 e. The molecule has 0 radical (unpaired) electrons. The summed E-state index contributed by atoms with van der Waals surface area (Å²) in [5.41, 5.74) is 0.578. The number of rotatable bonds is 6. The zero-order valence-corrected chi connectivity index (χ0v) is 13.5. The van der Waals surface area contributed by atoms with Crippen LogP contribution in [-0.4, -0.2) is 37.1 Å². The molecule has 1 saturated carbocycles. The Morgan fingerprint density at radius 3 is 2.38 bits per heavy atom. The molecule has 0 spiro atoms. The lowest BCUT2D eigenvalue weighted by atomic mass is 9.93. The van der Waals surface area contributed by atoms with E-state index >= 15 is 0 Å². The molecule has 116 valence electrons. The maximum absolute atomic E-state index is 12.7. The van der Waals surface area contributed by atoms with Crippen LogP contribution < -0.4 is 5.32 Å². The first-order valence-corrected chi connectivity index (χ1v) is 8.88. The van der Waals surface area contributed by atoms with Crippen molar-refractivity contribution in [2.24, 2.45) is 0 Å². The number of alkyl halides is 1. The van der Waals surface area contributed by atoms with Crippen LogP contribution in [0.1, 0.15) is 26.2 Å². The van der Waals surface area contributed by atoms with Gasteiger partial charge in [-0.2, -0.15) is 4.31 Å². The van der Waals surface area contributed by atoms with E-state index in [4.69, 9.17) is 11.6 Å². The fourth-order valence-corrected chi connectivity index (χ4v) is 4.27. The van der Waals surface area contributed by atoms with Gasteiger partial charge in [0.05, 0.1) is 4.90 Å². The summed E-state index contributed by atoms with van der Waals surface area (Å²) in [6.45, 7) is 1.73. The molecule has 7 heteroatoms. The highest BCUT2D eigenvalue weighted by molar-refractivity contribution is 7.89. The molecule has 0 saturated heterocycles. The first-order chi connectivity index (χ1) is 9.95. The topological polar surface area (TPSA) is 66.5 Å². The second-order valence-corrected chi connectivity index (χ2v) is 7.36. The largest absolute Gasteiger partial charge is 0.326 e. The van der Waals surface area contributed by atoms with Gasteiger partial charge in [0.1, 0.15) is 0 Å². The molecule has 1 fully saturated rings. The Morgan fingerprint density at radius 2 is 1.95 bits per heavy atom. The van der Waals surface area contributed by atoms with E-state index in [-0.39, 0.29) is 22.7 Å². The van der Waals surface area contributed by atoms with Crippen molar-refractivity contribution in [3.8, 4) is 0 Å². The SMILES string of the molecule is CC(=O)Nc1ccc(S(=O)(=O)N(CCCl)C2CCC2)cc1. The number of halogens is 1. The summed E-state index contributed by atoms with van der Waals surface area (Å²) < 4.78 is 26.8. The molecule has 1 N–H and O–H groups in total. The minimum absolute atomic E-state index is 0.0590. The molecule has 2 rings (SSSR count). The third-order valence-electron chi connectivity index (χ3n) is 3.57. The quantitative estimate of drug-likeness (QED) is 0.815. The molecule has 1 amide bonds. The fraction of sp³-hybridized carbons (Fsp3) is 0.500. The molecule has 5 nitrogen and oxygen atoms in total. The van der Waals surface area contributed by atoms with Crippen LogP contribution in [0.5, 0.6) is 0 Å². The first kappa shape index (κ1) is 16.3. The van der Waals surface area contributed by atoms with Crippen molar-refractivity contribution in [1.29, 1.82) is 0 Å². The molecule has 0 atom stereocenters. The molecular weight excluding hydrogens is 312 g/mol. The van der Waals surface area contributed by atoms with Crippen molar-refractivity contribution in [1.82, 2.24) is 4.31 Å². The van der Waals surface area contributed by atoms with Gasteiger partial charge in [0, 0.05) is 31.1 Å². The Labute approximate surface area is 130 Å². The standard InChI is InChI=1S/C14H19ClN2O3S/c1-11(18)16-12-5-7-14(8-6-12)21(19,20)17(10-9-15)13-3-2-4-13/h5-8,13H,2-4,9-10H2,1H3,(H,16,18). The zero-order chi connectivity index (χ0) is 15.5. The Bertz CT molecular complexity index is 597. The van der Waals surface area contributed by atoms with Crippen molar-refractivity contribution in [2.45, 2.75) is 37.1 Å². The monoisotopic (exact) mass is 330 g/mol. The Kier molecular flexibility index (Phi) is 5.24. The minimum Gasteiger partial charge on any atom is -0.326 e. The van der Waals surface area contributed by atoms with Crippen molar-refractivity contribution in [2.75, 3.05) is 17.7 Å². The summed E-state index contributed by atoms with van der Waals surface area (Å²) in [5, 5.41) is 2.61. The summed E-state index contributed by atoms with van der Waals surface area (Å²) in [7, 11) is -3.53. The molecule has 0 unspecified atom stereocenters. The summed E-state index contributed by atoms with van der Waals surface area (Å²) in [4.78, 5) is 11.2. The molecule has 1 aromatic rings. The zero-order valence-electron chi connectivity index (χ0n) is 11.9. The second kappa shape index (κ2) is 6.77. The summed E-state index contributed by atoms with van der Waals surface area (Å²) in [6, 6.07) is 6.27. The number of nitrogens with one attached hydrogen (secondary N) is 1. The smallest absolute Gasteiger partial charge is 0.243 e. The van der Waals surface area contributed by atoms with Crippen molar-refractivity contribution >= 4 is 33.2 Å². The van der Waals surface area contributed by atoms with Gasteiger partial charge in [-0.3, -0.25) is 4.79 Å². The normalized spacial score (nSPS) is 15.8. The van der Waals surface area contributed by atoms with Gasteiger partial charge in [-0.25, -0.2) is 8.42 Å². The number of sulfonamides is 1. The van der Waals surface area contributed by atoms with Gasteiger partial charge in [0.15, 0.2) is 0 Å².